The number of unbranched alkanes of at least 4 members (excludes halogenated alkanes) is 2. The molecule has 0 heterocycles. The molecule has 1 rings (SSSR count). The molecule has 0 spiro atoms. The Balaban J connectivity index is 0.00000154. The molecule has 1 aromatic rings. The van der Waals surface area contributed by atoms with Crippen molar-refractivity contribution in [2.75, 3.05) is 37.0 Å². The van der Waals surface area contributed by atoms with Crippen LogP contribution in [0.4, 0.5) is 11.4 Å². The maximum absolute atomic E-state index is 11.6. The Morgan fingerprint density at radius 1 is 0.842 bits per heavy atom. The quantitative estimate of drug-likeness (QED) is 0.562. The lowest BCUT2D eigenvalue weighted by Crippen LogP contribution is -2.44. The van der Waals surface area contributed by atoms with Crippen molar-refractivity contribution in [1.82, 2.24) is 0 Å². The molecular weight excluding hydrogens is 240 g/mol. The summed E-state index contributed by atoms with van der Waals surface area (Å²) in [6.45, 7) is 9.69. The lowest BCUT2D eigenvalue weighted by molar-refractivity contribution is 0.702. The van der Waals surface area contributed by atoms with E-state index in [1.165, 1.54) is 0 Å². The summed E-state index contributed by atoms with van der Waals surface area (Å²) in [4.78, 5) is 26.9. The maximum atomic E-state index is 11.6. The van der Waals surface area contributed by atoms with E-state index in [9.17, 15) is 9.59 Å². The first-order valence-electron chi connectivity index (χ1n) is 7.30. The molecule has 110 valence electrons. The van der Waals surface area contributed by atoms with Crippen molar-refractivity contribution in [1.29, 1.82) is 0 Å². The Morgan fingerprint density at radius 3 is 1.74 bits per heavy atom. The Bertz CT molecular complexity index is 433. The second kappa shape index (κ2) is 8.73. The van der Waals surface area contributed by atoms with E-state index in [4.69, 9.17) is 0 Å². The minimum absolute atomic E-state index is 0.334. The van der Waals surface area contributed by atoms with Gasteiger partial charge in [0.1, 0.15) is 11.4 Å². The molecule has 4 nitrogen and oxygen atoms in total. The summed E-state index contributed by atoms with van der Waals surface area (Å²) in [6, 6.07) is 0. The largest absolute Gasteiger partial charge is 0.370 e. The smallest absolute Gasteiger partial charge is 0.253 e. The van der Waals surface area contributed by atoms with Gasteiger partial charge in [0.2, 0.25) is 0 Å². The van der Waals surface area contributed by atoms with E-state index in [0.29, 0.717) is 11.4 Å². The average Bonchev–Trinajstić information content (AvgIpc) is 2.44. The van der Waals surface area contributed by atoms with E-state index in [1.807, 2.05) is 44.7 Å². The van der Waals surface area contributed by atoms with Crippen molar-refractivity contribution in [3.8, 4) is 0 Å². The lowest BCUT2D eigenvalue weighted by Gasteiger charge is -2.27. The van der Waals surface area contributed by atoms with Gasteiger partial charge in [0.15, 0.2) is 0 Å². The molecule has 0 aliphatic carbocycles. The number of anilines is 2. The summed E-state index contributed by atoms with van der Waals surface area (Å²) in [5.41, 5.74) is 0.498. The zero-order valence-electron chi connectivity index (χ0n) is 13.2. The predicted octanol–water partition coefficient (Wildman–Crippen LogP) is 2.39. The summed E-state index contributed by atoms with van der Waals surface area (Å²) in [5, 5.41) is 0. The highest BCUT2D eigenvalue weighted by atomic mass is 16.2. The van der Waals surface area contributed by atoms with Gasteiger partial charge in [0.05, 0.1) is 0 Å². The summed E-state index contributed by atoms with van der Waals surface area (Å²) in [7, 11) is 3.73. The highest BCUT2D eigenvalue weighted by molar-refractivity contribution is 5.75. The molecule has 0 N–H and O–H groups in total. The zero-order chi connectivity index (χ0) is 15.0. The molecule has 0 fully saturated rings. The average molecular weight is 268 g/mol. The number of hydrogen-bond donors (Lipinski definition) is 0. The molecule has 0 aliphatic heterocycles. The van der Waals surface area contributed by atoms with Crippen LogP contribution in [-0.2, 0) is 0 Å². The van der Waals surface area contributed by atoms with E-state index < -0.39 is 0 Å². The van der Waals surface area contributed by atoms with Crippen molar-refractivity contribution >= 4 is 11.4 Å². The van der Waals surface area contributed by atoms with E-state index in [-0.39, 0.29) is 10.9 Å². The normalized spacial score (nSPS) is 10.0. The van der Waals surface area contributed by atoms with Gasteiger partial charge in [0.25, 0.3) is 10.9 Å². The molecule has 0 amide bonds. The van der Waals surface area contributed by atoms with Crippen molar-refractivity contribution in [2.24, 2.45) is 0 Å². The molecule has 4 heteroatoms. The highest BCUT2D eigenvalue weighted by Crippen LogP contribution is 2.22. The Hall–Kier alpha value is -1.32. The number of rotatable bonds is 7. The van der Waals surface area contributed by atoms with Crippen molar-refractivity contribution < 1.29 is 0 Å². The number of hydrogen-bond acceptors (Lipinski definition) is 4. The summed E-state index contributed by atoms with van der Waals surface area (Å²) < 4.78 is 0. The molecule has 0 radical (unpaired) electrons. The third-order valence-electron chi connectivity index (χ3n) is 3.20. The molecule has 0 saturated heterocycles. The van der Waals surface area contributed by atoms with Crippen molar-refractivity contribution in [2.45, 2.75) is 47.0 Å². The monoisotopic (exact) mass is 268 g/mol. The van der Waals surface area contributed by atoms with Crippen LogP contribution in [0.25, 0.3) is 0 Å². The highest BCUT2D eigenvalue weighted by Gasteiger charge is 2.25. The van der Waals surface area contributed by atoms with E-state index in [0.717, 1.165) is 32.4 Å². The molecule has 0 aliphatic rings. The standard InChI is InChI=1S/C13H22N2O2.C2H6/c1-5-7-8-9-15(4)11-10(14(3)6-2)12(16)13(11)17;1-2/h5-9H2,1-4H3;1-2H3. The van der Waals surface area contributed by atoms with Gasteiger partial charge in [0, 0.05) is 27.2 Å². The van der Waals surface area contributed by atoms with Gasteiger partial charge in [-0.25, -0.2) is 0 Å². The van der Waals surface area contributed by atoms with Gasteiger partial charge in [-0.3, -0.25) is 9.59 Å². The molecule has 1 aromatic carbocycles. The van der Waals surface area contributed by atoms with Crippen LogP contribution in [0.3, 0.4) is 0 Å². The fourth-order valence-corrected chi connectivity index (χ4v) is 1.94. The lowest BCUT2D eigenvalue weighted by atomic mass is 10.1. The van der Waals surface area contributed by atoms with Crippen LogP contribution in [0.15, 0.2) is 9.59 Å². The van der Waals surface area contributed by atoms with Gasteiger partial charge in [-0.05, 0) is 13.3 Å². The van der Waals surface area contributed by atoms with Crippen LogP contribution in [-0.4, -0.2) is 27.2 Å². The molecule has 0 saturated carbocycles. The van der Waals surface area contributed by atoms with Gasteiger partial charge in [-0.1, -0.05) is 33.6 Å². The van der Waals surface area contributed by atoms with Crippen LogP contribution < -0.4 is 20.7 Å². The first-order chi connectivity index (χ1) is 9.04. The summed E-state index contributed by atoms with van der Waals surface area (Å²) in [5.74, 6) is 0. The minimum Gasteiger partial charge on any atom is -0.370 e. The molecule has 0 atom stereocenters. The Morgan fingerprint density at radius 2 is 1.32 bits per heavy atom. The molecule has 0 unspecified atom stereocenters. The van der Waals surface area contributed by atoms with Crippen LogP contribution >= 0.6 is 0 Å². The Kier molecular flexibility index (Phi) is 8.12. The minimum atomic E-state index is -0.341. The SMILES string of the molecule is CC.CCCCCN(C)c1c(N(C)CC)c(=O)c1=O. The van der Waals surface area contributed by atoms with Gasteiger partial charge < -0.3 is 9.80 Å². The fraction of sp³-hybridized carbons (Fsp3) is 0.733. The summed E-state index contributed by atoms with van der Waals surface area (Å²) >= 11 is 0. The third-order valence-corrected chi connectivity index (χ3v) is 3.20. The van der Waals surface area contributed by atoms with E-state index >= 15 is 0 Å². The predicted molar refractivity (Wildman–Crippen MR) is 84.4 cm³/mol. The topological polar surface area (TPSA) is 40.6 Å². The second-order valence-corrected chi connectivity index (χ2v) is 4.50. The zero-order valence-corrected chi connectivity index (χ0v) is 13.2. The third kappa shape index (κ3) is 4.08. The van der Waals surface area contributed by atoms with Crippen LogP contribution in [0.1, 0.15) is 47.0 Å². The maximum Gasteiger partial charge on any atom is 0.253 e. The van der Waals surface area contributed by atoms with Crippen molar-refractivity contribution in [3.63, 3.8) is 0 Å². The fourth-order valence-electron chi connectivity index (χ4n) is 1.94. The first kappa shape index (κ1) is 17.7. The van der Waals surface area contributed by atoms with Gasteiger partial charge in [-0.15, -0.1) is 0 Å². The molecule has 0 aromatic heterocycles. The molecule has 0 bridgehead atoms. The van der Waals surface area contributed by atoms with Gasteiger partial charge in [-0.2, -0.15) is 0 Å². The first-order valence-corrected chi connectivity index (χ1v) is 7.30. The van der Waals surface area contributed by atoms with Crippen LogP contribution in [0.2, 0.25) is 0 Å². The number of nitrogens with zero attached hydrogens (tertiary/aromatic N) is 2. The van der Waals surface area contributed by atoms with E-state index in [2.05, 4.69) is 6.92 Å². The second-order valence-electron chi connectivity index (χ2n) is 4.50. The van der Waals surface area contributed by atoms with Gasteiger partial charge >= 0.3 is 0 Å². The van der Waals surface area contributed by atoms with Crippen LogP contribution in [0, 0.1) is 0 Å². The molecule has 19 heavy (non-hydrogen) atoms. The van der Waals surface area contributed by atoms with Crippen LogP contribution in [0.5, 0.6) is 0 Å². The summed E-state index contributed by atoms with van der Waals surface area (Å²) in [6.07, 6.45) is 3.36. The van der Waals surface area contributed by atoms with Crippen molar-refractivity contribution in [3.05, 3.63) is 20.4 Å². The Labute approximate surface area is 116 Å². The van der Waals surface area contributed by atoms with E-state index in [1.54, 1.807) is 0 Å². The molecular formula is C15H28N2O2.